The molecule has 2 rings (SSSR count). The summed E-state index contributed by atoms with van der Waals surface area (Å²) < 4.78 is 60.2. The Balaban J connectivity index is 0.00000312. The number of carbonyl (C=O) groups is 1. The summed E-state index contributed by atoms with van der Waals surface area (Å²) in [6, 6.07) is 4.15. The quantitative estimate of drug-likeness (QED) is 0.832. The Bertz CT molecular complexity index is 693. The minimum absolute atomic E-state index is 0. The van der Waals surface area contributed by atoms with Crippen molar-refractivity contribution in [2.24, 2.45) is 0 Å². The second-order valence-electron chi connectivity index (χ2n) is 5.95. The van der Waals surface area contributed by atoms with Gasteiger partial charge in [-0.15, -0.1) is 12.4 Å². The fraction of sp³-hybridized carbons (Fsp3) is 0.533. The summed E-state index contributed by atoms with van der Waals surface area (Å²) in [6.07, 6.45) is -3.28. The molecule has 1 aromatic rings. The van der Waals surface area contributed by atoms with E-state index < -0.39 is 21.6 Å². The zero-order valence-electron chi connectivity index (χ0n) is 13.5. The number of hydrogen-bond acceptors (Lipinski definition) is 4. The predicted molar refractivity (Wildman–Crippen MR) is 90.5 cm³/mol. The lowest BCUT2D eigenvalue weighted by Gasteiger charge is -2.33. The lowest BCUT2D eigenvalue weighted by molar-refractivity contribution is -0.137. The summed E-state index contributed by atoms with van der Waals surface area (Å²) in [5.41, 5.74) is -0.264. The number of carbonyl (C=O) groups excluding carboxylic acids is 1. The SMILES string of the molecule is CS(=O)(=O)CC1CN(C(=O)Cc2ccc(C(F)(F)F)cc2)CCN1.Cl. The number of halogens is 4. The Labute approximate surface area is 150 Å². The molecule has 25 heavy (non-hydrogen) atoms. The molecule has 1 amide bonds. The summed E-state index contributed by atoms with van der Waals surface area (Å²) in [4.78, 5) is 13.8. The molecule has 1 atom stereocenters. The molecule has 142 valence electrons. The third kappa shape index (κ3) is 6.83. The van der Waals surface area contributed by atoms with Crippen LogP contribution in [0.5, 0.6) is 0 Å². The van der Waals surface area contributed by atoms with E-state index in [9.17, 15) is 26.4 Å². The molecule has 1 N–H and O–H groups in total. The average molecular weight is 401 g/mol. The highest BCUT2D eigenvalue weighted by molar-refractivity contribution is 7.90. The first-order valence-corrected chi connectivity index (χ1v) is 9.46. The zero-order valence-corrected chi connectivity index (χ0v) is 15.2. The van der Waals surface area contributed by atoms with Crippen molar-refractivity contribution in [2.45, 2.75) is 18.6 Å². The van der Waals surface area contributed by atoms with Gasteiger partial charge in [-0.3, -0.25) is 4.79 Å². The Hall–Kier alpha value is -1.32. The molecule has 0 spiro atoms. The van der Waals surface area contributed by atoms with Crippen molar-refractivity contribution >= 4 is 28.2 Å². The molecule has 1 fully saturated rings. The van der Waals surface area contributed by atoms with Gasteiger partial charge in [0.05, 0.1) is 17.7 Å². The van der Waals surface area contributed by atoms with E-state index in [2.05, 4.69) is 5.32 Å². The summed E-state index contributed by atoms with van der Waals surface area (Å²) in [5.74, 6) is -0.286. The number of sulfone groups is 1. The van der Waals surface area contributed by atoms with Crippen LogP contribution in [0.1, 0.15) is 11.1 Å². The summed E-state index contributed by atoms with van der Waals surface area (Å²) in [5, 5.41) is 3.05. The monoisotopic (exact) mass is 400 g/mol. The number of amides is 1. The van der Waals surface area contributed by atoms with E-state index >= 15 is 0 Å². The maximum atomic E-state index is 12.5. The number of rotatable bonds is 4. The molecule has 0 saturated carbocycles. The second kappa shape index (κ2) is 8.37. The Morgan fingerprint density at radius 2 is 1.88 bits per heavy atom. The molecule has 0 aliphatic carbocycles. The van der Waals surface area contributed by atoms with Crippen LogP contribution in [-0.4, -0.2) is 56.9 Å². The van der Waals surface area contributed by atoms with Crippen LogP contribution in [0.4, 0.5) is 13.2 Å². The van der Waals surface area contributed by atoms with Crippen molar-refractivity contribution in [2.75, 3.05) is 31.6 Å². The zero-order chi connectivity index (χ0) is 18.0. The number of alkyl halides is 3. The first-order valence-electron chi connectivity index (χ1n) is 7.39. The number of piperazine rings is 1. The van der Waals surface area contributed by atoms with Gasteiger partial charge in [-0.2, -0.15) is 13.2 Å². The van der Waals surface area contributed by atoms with Gasteiger partial charge in [-0.1, -0.05) is 12.1 Å². The highest BCUT2D eigenvalue weighted by Crippen LogP contribution is 2.29. The van der Waals surface area contributed by atoms with Crippen molar-refractivity contribution in [1.82, 2.24) is 10.2 Å². The molecule has 1 aromatic carbocycles. The fourth-order valence-electron chi connectivity index (χ4n) is 2.63. The van der Waals surface area contributed by atoms with Crippen LogP contribution < -0.4 is 5.32 Å². The van der Waals surface area contributed by atoms with E-state index in [1.807, 2.05) is 0 Å². The van der Waals surface area contributed by atoms with Crippen LogP contribution in [0.2, 0.25) is 0 Å². The highest BCUT2D eigenvalue weighted by atomic mass is 35.5. The van der Waals surface area contributed by atoms with Crippen molar-refractivity contribution in [1.29, 1.82) is 0 Å². The number of nitrogens with one attached hydrogen (secondary N) is 1. The standard InChI is InChI=1S/C15H19F3N2O3S.ClH/c1-24(22,23)10-13-9-20(7-6-19-13)14(21)8-11-2-4-12(5-3-11)15(16,17)18;/h2-5,13,19H,6-10H2,1H3;1H. The third-order valence-corrected chi connectivity index (χ3v) is 4.76. The number of nitrogens with zero attached hydrogens (tertiary/aromatic N) is 1. The Morgan fingerprint density at radius 3 is 2.40 bits per heavy atom. The number of benzene rings is 1. The van der Waals surface area contributed by atoms with Crippen LogP contribution in [0.25, 0.3) is 0 Å². The minimum atomic E-state index is -4.40. The molecule has 0 aromatic heterocycles. The predicted octanol–water partition coefficient (Wildman–Crippen LogP) is 1.51. The molecule has 0 radical (unpaired) electrons. The average Bonchev–Trinajstić information content (AvgIpc) is 2.45. The number of hydrogen-bond donors (Lipinski definition) is 1. The Kier molecular flexibility index (Phi) is 7.28. The third-order valence-electron chi connectivity index (χ3n) is 3.75. The molecule has 1 heterocycles. The lowest BCUT2D eigenvalue weighted by atomic mass is 10.1. The normalized spacial score (nSPS) is 18.6. The molecule has 1 aliphatic rings. The van der Waals surface area contributed by atoms with E-state index in [1.165, 1.54) is 12.1 Å². The molecular weight excluding hydrogens is 381 g/mol. The molecule has 1 saturated heterocycles. The van der Waals surface area contributed by atoms with Crippen LogP contribution in [-0.2, 0) is 27.2 Å². The summed E-state index contributed by atoms with van der Waals surface area (Å²) in [7, 11) is -3.16. The van der Waals surface area contributed by atoms with E-state index in [1.54, 1.807) is 4.90 Å². The smallest absolute Gasteiger partial charge is 0.340 e. The van der Waals surface area contributed by atoms with E-state index in [0.29, 0.717) is 18.7 Å². The van der Waals surface area contributed by atoms with Gasteiger partial charge in [-0.25, -0.2) is 8.42 Å². The second-order valence-corrected chi connectivity index (χ2v) is 8.14. The van der Waals surface area contributed by atoms with E-state index in [0.717, 1.165) is 18.4 Å². The molecule has 10 heteroatoms. The largest absolute Gasteiger partial charge is 0.416 e. The topological polar surface area (TPSA) is 66.5 Å². The van der Waals surface area contributed by atoms with E-state index in [4.69, 9.17) is 0 Å². The van der Waals surface area contributed by atoms with Crippen LogP contribution in [0, 0.1) is 0 Å². The lowest BCUT2D eigenvalue weighted by Crippen LogP contribution is -2.55. The van der Waals surface area contributed by atoms with Gasteiger partial charge >= 0.3 is 6.18 Å². The van der Waals surface area contributed by atoms with Gasteiger partial charge in [-0.05, 0) is 17.7 Å². The molecule has 0 bridgehead atoms. The molecule has 5 nitrogen and oxygen atoms in total. The summed E-state index contributed by atoms with van der Waals surface area (Å²) in [6.45, 7) is 1.20. The summed E-state index contributed by atoms with van der Waals surface area (Å²) >= 11 is 0. The van der Waals surface area contributed by atoms with Crippen LogP contribution in [0.3, 0.4) is 0 Å². The fourth-order valence-corrected chi connectivity index (χ4v) is 3.58. The first kappa shape index (κ1) is 21.7. The first-order chi connectivity index (χ1) is 11.0. The van der Waals surface area contributed by atoms with Gasteiger partial charge in [0, 0.05) is 31.9 Å². The highest BCUT2D eigenvalue weighted by Gasteiger charge is 2.30. The van der Waals surface area contributed by atoms with Gasteiger partial charge in [0.25, 0.3) is 0 Å². The molecular formula is C15H20ClF3N2O3S. The molecule has 1 unspecified atom stereocenters. The van der Waals surface area contributed by atoms with Crippen LogP contribution in [0.15, 0.2) is 24.3 Å². The van der Waals surface area contributed by atoms with Crippen molar-refractivity contribution in [3.63, 3.8) is 0 Å². The van der Waals surface area contributed by atoms with Crippen LogP contribution >= 0.6 is 12.4 Å². The van der Waals surface area contributed by atoms with Gasteiger partial charge < -0.3 is 10.2 Å². The van der Waals surface area contributed by atoms with Crippen molar-refractivity contribution in [3.8, 4) is 0 Å². The van der Waals surface area contributed by atoms with Crippen molar-refractivity contribution < 1.29 is 26.4 Å². The Morgan fingerprint density at radius 1 is 1.28 bits per heavy atom. The minimum Gasteiger partial charge on any atom is -0.340 e. The molecule has 1 aliphatic heterocycles. The van der Waals surface area contributed by atoms with E-state index in [-0.39, 0.29) is 43.1 Å². The maximum Gasteiger partial charge on any atom is 0.416 e. The van der Waals surface area contributed by atoms with Gasteiger partial charge in [0.1, 0.15) is 9.84 Å². The van der Waals surface area contributed by atoms with Gasteiger partial charge in [0.15, 0.2) is 0 Å². The van der Waals surface area contributed by atoms with Gasteiger partial charge in [0.2, 0.25) is 5.91 Å². The maximum absolute atomic E-state index is 12.5. The van der Waals surface area contributed by atoms with Crippen molar-refractivity contribution in [3.05, 3.63) is 35.4 Å².